The van der Waals surface area contributed by atoms with E-state index in [4.69, 9.17) is 9.47 Å². The Labute approximate surface area is 169 Å². The summed E-state index contributed by atoms with van der Waals surface area (Å²) in [6, 6.07) is 5.76. The van der Waals surface area contributed by atoms with Crippen molar-refractivity contribution in [2.45, 2.75) is 44.9 Å². The number of methoxy groups -OCH3 is 2. The summed E-state index contributed by atoms with van der Waals surface area (Å²) < 4.78 is 10.6. The normalized spacial score (nSPS) is 31.0. The highest BCUT2D eigenvalue weighted by Gasteiger charge is 2.76. The van der Waals surface area contributed by atoms with Gasteiger partial charge in [0.2, 0.25) is 5.91 Å². The second-order valence-corrected chi connectivity index (χ2v) is 9.27. The van der Waals surface area contributed by atoms with Crippen LogP contribution in [-0.4, -0.2) is 37.3 Å². The Kier molecular flexibility index (Phi) is 5.08. The lowest BCUT2D eigenvalue weighted by molar-refractivity contribution is -0.135. The minimum atomic E-state index is -0.684. The van der Waals surface area contributed by atoms with Gasteiger partial charge in [-0.2, -0.15) is 0 Å². The van der Waals surface area contributed by atoms with Gasteiger partial charge in [-0.3, -0.25) is 9.59 Å². The van der Waals surface area contributed by atoms with Crippen LogP contribution in [0.5, 0.6) is 11.5 Å². The molecule has 5 nitrogen and oxygen atoms in total. The first-order chi connectivity index (χ1) is 12.7. The van der Waals surface area contributed by atoms with Gasteiger partial charge in [-0.25, -0.2) is 0 Å². The minimum absolute atomic E-state index is 0.0237. The average Bonchev–Trinajstić information content (AvgIpc) is 2.93. The smallest absolute Gasteiger partial charge is 0.228 e. The number of amides is 1. The number of nitrogens with one attached hydrogen (secondary N) is 1. The van der Waals surface area contributed by atoms with Gasteiger partial charge >= 0.3 is 0 Å². The Morgan fingerprint density at radius 2 is 1.85 bits per heavy atom. The summed E-state index contributed by atoms with van der Waals surface area (Å²) in [7, 11) is 3.21. The van der Waals surface area contributed by atoms with Gasteiger partial charge in [-0.15, -0.1) is 0 Å². The van der Waals surface area contributed by atoms with E-state index >= 15 is 0 Å². The average molecular weight is 438 g/mol. The molecule has 0 spiro atoms. The van der Waals surface area contributed by atoms with Gasteiger partial charge in [-0.1, -0.05) is 42.8 Å². The summed E-state index contributed by atoms with van der Waals surface area (Å²) in [5, 5.41) is 3.09. The van der Waals surface area contributed by atoms with E-state index in [2.05, 4.69) is 35.1 Å². The van der Waals surface area contributed by atoms with Gasteiger partial charge in [-0.05, 0) is 42.4 Å². The predicted octanol–water partition coefficient (Wildman–Crippen LogP) is 3.52. The maximum atomic E-state index is 13.2. The third kappa shape index (κ3) is 2.63. The van der Waals surface area contributed by atoms with Crippen LogP contribution in [0.25, 0.3) is 0 Å². The maximum absolute atomic E-state index is 13.2. The predicted molar refractivity (Wildman–Crippen MR) is 108 cm³/mol. The molecule has 3 atom stereocenters. The van der Waals surface area contributed by atoms with Crippen LogP contribution < -0.4 is 14.8 Å². The summed E-state index contributed by atoms with van der Waals surface area (Å²) in [6.45, 7) is 6.65. The Balaban J connectivity index is 1.71. The van der Waals surface area contributed by atoms with E-state index in [1.807, 2.05) is 25.1 Å². The number of hydrogen-bond acceptors (Lipinski definition) is 4. The van der Waals surface area contributed by atoms with E-state index in [0.29, 0.717) is 24.5 Å². The lowest BCUT2D eigenvalue weighted by atomic mass is 9.64. The fourth-order valence-electron chi connectivity index (χ4n) is 4.97. The highest BCUT2D eigenvalue weighted by molar-refractivity contribution is 9.10. The molecule has 0 aliphatic heterocycles. The highest BCUT2D eigenvalue weighted by atomic mass is 79.9. The third-order valence-corrected chi connectivity index (χ3v) is 8.47. The lowest BCUT2D eigenvalue weighted by Gasteiger charge is -2.39. The fourth-order valence-corrected chi connectivity index (χ4v) is 6.48. The molecule has 3 rings (SSSR count). The SMILES string of the molecule is COc1ccc(CCNC(=O)[C@]23CC[C@@](C)(C(=O)[C@H]2Br)C3(C)C)cc1OC. The van der Waals surface area contributed by atoms with Gasteiger partial charge in [0.25, 0.3) is 0 Å². The molecule has 2 saturated carbocycles. The van der Waals surface area contributed by atoms with Crippen molar-refractivity contribution in [2.24, 2.45) is 16.2 Å². The van der Waals surface area contributed by atoms with Crippen molar-refractivity contribution in [2.75, 3.05) is 20.8 Å². The molecule has 2 aliphatic rings. The molecule has 0 radical (unpaired) electrons. The zero-order chi connectivity index (χ0) is 20.0. The monoisotopic (exact) mass is 437 g/mol. The number of fused-ring (bicyclic) bond motifs is 2. The van der Waals surface area contributed by atoms with E-state index in [1.54, 1.807) is 14.2 Å². The molecule has 0 heterocycles. The molecule has 2 fully saturated rings. The minimum Gasteiger partial charge on any atom is -0.493 e. The number of benzene rings is 1. The van der Waals surface area contributed by atoms with Crippen molar-refractivity contribution in [1.82, 2.24) is 5.32 Å². The summed E-state index contributed by atoms with van der Waals surface area (Å²) in [5.41, 5.74) is -0.449. The standard InChI is InChI=1S/C21H28BrNO4/c1-19(2)20(3)9-10-21(19,16(22)17(20)24)18(25)23-11-8-13-6-7-14(26-4)15(12-13)27-5/h6-7,12,16H,8-11H2,1-5H3,(H,23,25)/t16-,20+,21+/m1/s1. The fraction of sp³-hybridized carbons (Fsp3) is 0.619. The second-order valence-electron chi connectivity index (χ2n) is 8.35. The number of rotatable bonds is 6. The first kappa shape index (κ1) is 20.2. The van der Waals surface area contributed by atoms with Crippen molar-refractivity contribution in [3.05, 3.63) is 23.8 Å². The van der Waals surface area contributed by atoms with Gasteiger partial charge in [0.15, 0.2) is 17.3 Å². The number of Topliss-reactive ketones (excluding diaryl/α,β-unsaturated/α-hetero) is 1. The topological polar surface area (TPSA) is 64.6 Å². The molecule has 27 heavy (non-hydrogen) atoms. The van der Waals surface area contributed by atoms with Gasteiger partial charge < -0.3 is 14.8 Å². The molecule has 1 amide bonds. The van der Waals surface area contributed by atoms with E-state index in [0.717, 1.165) is 18.4 Å². The Hall–Kier alpha value is -1.56. The van der Waals surface area contributed by atoms with Crippen LogP contribution in [0.3, 0.4) is 0 Å². The molecule has 148 valence electrons. The molecular formula is C21H28BrNO4. The molecule has 1 aromatic rings. The van der Waals surface area contributed by atoms with E-state index in [1.165, 1.54) is 0 Å². The highest BCUT2D eigenvalue weighted by Crippen LogP contribution is 2.72. The van der Waals surface area contributed by atoms with Crippen LogP contribution in [-0.2, 0) is 16.0 Å². The number of hydrogen-bond donors (Lipinski definition) is 1. The van der Waals surface area contributed by atoms with E-state index in [-0.39, 0.29) is 17.1 Å². The number of carbonyl (C=O) groups excluding carboxylic acids is 2. The second kappa shape index (κ2) is 6.80. The van der Waals surface area contributed by atoms with E-state index in [9.17, 15) is 9.59 Å². The molecule has 1 aromatic carbocycles. The number of ether oxygens (including phenoxy) is 2. The summed E-state index contributed by atoms with van der Waals surface area (Å²) in [5.74, 6) is 1.50. The molecule has 0 aromatic heterocycles. The van der Waals surface area contributed by atoms with Crippen LogP contribution in [0.15, 0.2) is 18.2 Å². The van der Waals surface area contributed by atoms with Gasteiger partial charge in [0, 0.05) is 12.0 Å². The van der Waals surface area contributed by atoms with Crippen LogP contribution in [0.4, 0.5) is 0 Å². The molecule has 6 heteroatoms. The van der Waals surface area contributed by atoms with Crippen molar-refractivity contribution in [3.63, 3.8) is 0 Å². The maximum Gasteiger partial charge on any atom is 0.228 e. The number of alkyl halides is 1. The van der Waals surface area contributed by atoms with Crippen molar-refractivity contribution in [1.29, 1.82) is 0 Å². The van der Waals surface area contributed by atoms with Crippen molar-refractivity contribution < 1.29 is 19.1 Å². The molecular weight excluding hydrogens is 410 g/mol. The Morgan fingerprint density at radius 3 is 2.41 bits per heavy atom. The number of halogens is 1. The summed E-state index contributed by atoms with van der Waals surface area (Å²) in [4.78, 5) is 25.6. The zero-order valence-corrected chi connectivity index (χ0v) is 18.2. The first-order valence-corrected chi connectivity index (χ1v) is 10.2. The zero-order valence-electron chi connectivity index (χ0n) is 16.6. The molecule has 0 unspecified atom stereocenters. The number of carbonyl (C=O) groups is 2. The Bertz CT molecular complexity index is 777. The largest absolute Gasteiger partial charge is 0.493 e. The van der Waals surface area contributed by atoms with Crippen molar-refractivity contribution >= 4 is 27.6 Å². The van der Waals surface area contributed by atoms with Crippen LogP contribution in [0, 0.1) is 16.2 Å². The van der Waals surface area contributed by atoms with Gasteiger partial charge in [0.05, 0.1) is 24.5 Å². The quantitative estimate of drug-likeness (QED) is 0.691. The van der Waals surface area contributed by atoms with Crippen LogP contribution in [0.2, 0.25) is 0 Å². The molecule has 2 aliphatic carbocycles. The number of ketones is 1. The van der Waals surface area contributed by atoms with Crippen LogP contribution in [0.1, 0.15) is 39.2 Å². The van der Waals surface area contributed by atoms with Gasteiger partial charge in [0.1, 0.15) is 0 Å². The van der Waals surface area contributed by atoms with E-state index < -0.39 is 15.7 Å². The van der Waals surface area contributed by atoms with Crippen molar-refractivity contribution in [3.8, 4) is 11.5 Å². The van der Waals surface area contributed by atoms with Crippen LogP contribution >= 0.6 is 15.9 Å². The first-order valence-electron chi connectivity index (χ1n) is 9.33. The molecule has 1 N–H and O–H groups in total. The Morgan fingerprint density at radius 1 is 1.19 bits per heavy atom. The summed E-state index contributed by atoms with van der Waals surface area (Å²) in [6.07, 6.45) is 2.19. The summed E-state index contributed by atoms with van der Waals surface area (Å²) >= 11 is 3.56. The molecule has 2 bridgehead atoms. The molecule has 0 saturated heterocycles. The lowest BCUT2D eigenvalue weighted by Crippen LogP contribution is -2.51. The third-order valence-electron chi connectivity index (χ3n) is 7.27.